The van der Waals surface area contributed by atoms with Crippen molar-refractivity contribution >= 4 is 81.4 Å². The largest absolute Gasteiger partial charge is 0.373 e. The molecular weight excluding hydrogens is 820 g/mol. The van der Waals surface area contributed by atoms with Crippen LogP contribution >= 0.6 is 22.9 Å². The molecule has 61 heavy (non-hydrogen) atoms. The third kappa shape index (κ3) is 11.5. The Bertz CT molecular complexity index is 2230. The SMILES string of the molecule is CNc1cc(N2CCN(CCCCCCCCC(=O)Nc3cccc4c3C(=O)N(C3CCC(=O)NC3=O)C4=O)CC2)nc(C)n1.Cc1cccc(Cl)c1NC(=O)c1cncs1. The third-order valence-electron chi connectivity index (χ3n) is 10.8. The minimum atomic E-state index is -1.05. The number of benzene rings is 2. The van der Waals surface area contributed by atoms with Gasteiger partial charge in [0.25, 0.3) is 17.7 Å². The Kier molecular flexibility index (Phi) is 15.5. The summed E-state index contributed by atoms with van der Waals surface area (Å²) in [6.45, 7) is 8.85. The van der Waals surface area contributed by atoms with Gasteiger partial charge in [0, 0.05) is 52.1 Å². The van der Waals surface area contributed by atoms with Crippen molar-refractivity contribution < 1.29 is 28.8 Å². The van der Waals surface area contributed by atoms with Crippen LogP contribution in [0.15, 0.2) is 54.2 Å². The molecule has 3 aliphatic heterocycles. The van der Waals surface area contributed by atoms with Crippen LogP contribution in [0.5, 0.6) is 0 Å². The normalized spacial score (nSPS) is 16.4. The Hall–Kier alpha value is -5.78. The fraction of sp³-hybridized carbons (Fsp3) is 0.419. The highest BCUT2D eigenvalue weighted by atomic mass is 35.5. The molecule has 2 aromatic carbocycles. The number of halogens is 1. The Morgan fingerprint density at radius 2 is 1.64 bits per heavy atom. The van der Waals surface area contributed by atoms with Gasteiger partial charge in [-0.25, -0.2) is 9.97 Å². The van der Waals surface area contributed by atoms with Crippen LogP contribution in [0.4, 0.5) is 23.0 Å². The zero-order valence-electron chi connectivity index (χ0n) is 34.6. The fourth-order valence-electron chi connectivity index (χ4n) is 7.50. The molecule has 1 atom stereocenters. The van der Waals surface area contributed by atoms with Crippen LogP contribution in [0, 0.1) is 13.8 Å². The van der Waals surface area contributed by atoms with E-state index in [9.17, 15) is 28.8 Å². The first-order chi connectivity index (χ1) is 29.4. The molecule has 5 heterocycles. The van der Waals surface area contributed by atoms with Gasteiger partial charge >= 0.3 is 0 Å². The molecular formula is C43H51ClN10O6S. The van der Waals surface area contributed by atoms with Gasteiger partial charge in [-0.3, -0.25) is 48.9 Å². The van der Waals surface area contributed by atoms with Gasteiger partial charge < -0.3 is 20.9 Å². The second kappa shape index (κ2) is 21.1. The average Bonchev–Trinajstić information content (AvgIpc) is 3.88. The molecule has 3 aliphatic rings. The average molecular weight is 871 g/mol. The number of unbranched alkanes of at least 4 members (excludes halogenated alkanes) is 5. The number of carbonyl (C=O) groups excluding carboxylic acids is 6. The van der Waals surface area contributed by atoms with Crippen molar-refractivity contribution in [3.05, 3.63) is 86.6 Å². The first-order valence-electron chi connectivity index (χ1n) is 20.5. The fourth-order valence-corrected chi connectivity index (χ4v) is 8.28. The molecule has 4 aromatic rings. The smallest absolute Gasteiger partial charge is 0.267 e. The van der Waals surface area contributed by atoms with E-state index in [0.29, 0.717) is 22.0 Å². The Balaban J connectivity index is 0.000000324. The predicted octanol–water partition coefficient (Wildman–Crippen LogP) is 6.08. The van der Waals surface area contributed by atoms with Gasteiger partial charge in [-0.05, 0) is 63.4 Å². The summed E-state index contributed by atoms with van der Waals surface area (Å²) < 4.78 is 0. The number of carbonyl (C=O) groups is 6. The number of nitrogens with one attached hydrogen (secondary N) is 4. The van der Waals surface area contributed by atoms with Gasteiger partial charge in [0.15, 0.2) is 0 Å². The van der Waals surface area contributed by atoms with E-state index in [1.807, 2.05) is 39.1 Å². The minimum Gasteiger partial charge on any atom is -0.373 e. The Morgan fingerprint density at radius 3 is 2.34 bits per heavy atom. The molecule has 0 bridgehead atoms. The number of piperazine rings is 1. The molecule has 2 saturated heterocycles. The third-order valence-corrected chi connectivity index (χ3v) is 11.9. The van der Waals surface area contributed by atoms with Crippen molar-refractivity contribution in [1.82, 2.24) is 30.1 Å². The topological polar surface area (TPSA) is 199 Å². The standard InChI is InChI=1S/C32H42N8O5.C11H9ClN2OS/c1-21-34-25(33-2)20-26(35-21)39-18-16-38(17-19-39)15-8-6-4-3-5-7-12-27(41)36-23-11-9-10-22-29(23)32(45)40(31(22)44)24-13-14-28(42)37-30(24)43;1-7-3-2-4-8(12)10(7)14-11(15)9-5-13-6-16-9/h9-11,20,24H,3-8,12-19H2,1-2H3,(H,36,41)(H,33,34,35)(H,37,42,43);2-6H,1H3,(H,14,15). The Labute approximate surface area is 363 Å². The number of rotatable bonds is 15. The van der Waals surface area contributed by atoms with Gasteiger partial charge in [-0.1, -0.05) is 55.5 Å². The van der Waals surface area contributed by atoms with Crippen LogP contribution in [0.2, 0.25) is 5.02 Å². The van der Waals surface area contributed by atoms with Crippen molar-refractivity contribution in [3.63, 3.8) is 0 Å². The highest BCUT2D eigenvalue weighted by molar-refractivity contribution is 7.11. The molecule has 18 heteroatoms. The maximum atomic E-state index is 13.2. The number of anilines is 4. The van der Waals surface area contributed by atoms with Crippen molar-refractivity contribution in [2.75, 3.05) is 60.6 Å². The van der Waals surface area contributed by atoms with E-state index >= 15 is 0 Å². The highest BCUT2D eigenvalue weighted by Gasteiger charge is 2.45. The number of imide groups is 2. The number of aromatic nitrogens is 3. The van der Waals surface area contributed by atoms with E-state index in [-0.39, 0.29) is 41.5 Å². The summed E-state index contributed by atoms with van der Waals surface area (Å²) in [6.07, 6.45) is 8.12. The number of hydrogen-bond donors (Lipinski definition) is 4. The number of thiazole rings is 1. The van der Waals surface area contributed by atoms with Crippen LogP contribution in [-0.4, -0.2) is 106 Å². The van der Waals surface area contributed by atoms with Crippen LogP contribution in [0.3, 0.4) is 0 Å². The number of hydrogen-bond acceptors (Lipinski definition) is 13. The van der Waals surface area contributed by atoms with Gasteiger partial charge in [-0.15, -0.1) is 11.3 Å². The number of aryl methyl sites for hydroxylation is 2. The highest BCUT2D eigenvalue weighted by Crippen LogP contribution is 2.33. The van der Waals surface area contributed by atoms with Crippen molar-refractivity contribution in [3.8, 4) is 0 Å². The molecule has 0 aliphatic carbocycles. The van der Waals surface area contributed by atoms with Gasteiger partial charge in [0.05, 0.1) is 39.2 Å². The van der Waals surface area contributed by atoms with E-state index in [0.717, 1.165) is 99.2 Å². The van der Waals surface area contributed by atoms with Crippen molar-refractivity contribution in [2.24, 2.45) is 0 Å². The molecule has 16 nitrogen and oxygen atoms in total. The number of fused-ring (bicyclic) bond motifs is 1. The molecule has 2 fully saturated rings. The maximum absolute atomic E-state index is 13.2. The number of piperidine rings is 1. The van der Waals surface area contributed by atoms with Gasteiger partial charge in [0.2, 0.25) is 17.7 Å². The van der Waals surface area contributed by atoms with Gasteiger partial charge in [-0.2, -0.15) is 0 Å². The van der Waals surface area contributed by atoms with Crippen LogP contribution in [0.1, 0.15) is 99.6 Å². The lowest BCUT2D eigenvalue weighted by Crippen LogP contribution is -2.54. The lowest BCUT2D eigenvalue weighted by atomic mass is 10.0. The monoisotopic (exact) mass is 870 g/mol. The predicted molar refractivity (Wildman–Crippen MR) is 235 cm³/mol. The quantitative estimate of drug-likeness (QED) is 0.0795. The summed E-state index contributed by atoms with van der Waals surface area (Å²) in [7, 11) is 1.87. The summed E-state index contributed by atoms with van der Waals surface area (Å²) in [5, 5.41) is 11.4. The molecule has 4 N–H and O–H groups in total. The lowest BCUT2D eigenvalue weighted by molar-refractivity contribution is -0.136. The molecule has 2 aromatic heterocycles. The molecule has 7 rings (SSSR count). The van der Waals surface area contributed by atoms with Gasteiger partial charge in [0.1, 0.15) is 28.4 Å². The van der Waals surface area contributed by atoms with Crippen molar-refractivity contribution in [2.45, 2.75) is 77.7 Å². The first kappa shape index (κ1) is 44.8. The minimum absolute atomic E-state index is 0.0500. The summed E-state index contributed by atoms with van der Waals surface area (Å²) >= 11 is 7.30. The molecule has 1 unspecified atom stereocenters. The van der Waals surface area contributed by atoms with E-state index in [4.69, 9.17) is 11.6 Å². The molecule has 322 valence electrons. The second-order valence-corrected chi connectivity index (χ2v) is 16.4. The van der Waals surface area contributed by atoms with Crippen molar-refractivity contribution in [1.29, 1.82) is 0 Å². The van der Waals surface area contributed by atoms with E-state index in [1.165, 1.54) is 23.6 Å². The summed E-state index contributed by atoms with van der Waals surface area (Å²) in [4.78, 5) is 93.7. The molecule has 0 spiro atoms. The number of nitrogens with zero attached hydrogens (tertiary/aromatic N) is 6. The number of amides is 6. The molecule has 0 radical (unpaired) electrons. The zero-order chi connectivity index (χ0) is 43.5. The maximum Gasteiger partial charge on any atom is 0.267 e. The summed E-state index contributed by atoms with van der Waals surface area (Å²) in [5.41, 5.74) is 3.71. The summed E-state index contributed by atoms with van der Waals surface area (Å²) in [6, 6.07) is 11.2. The van der Waals surface area contributed by atoms with E-state index in [1.54, 1.807) is 23.7 Å². The second-order valence-electron chi connectivity index (χ2n) is 15.1. The number of para-hydroxylation sites is 1. The first-order valence-corrected chi connectivity index (χ1v) is 21.8. The summed E-state index contributed by atoms with van der Waals surface area (Å²) in [5.74, 6) is -0.127. The zero-order valence-corrected chi connectivity index (χ0v) is 36.2. The van der Waals surface area contributed by atoms with Crippen LogP contribution in [-0.2, 0) is 14.4 Å². The molecule has 0 saturated carbocycles. The van der Waals surface area contributed by atoms with Crippen LogP contribution < -0.4 is 26.2 Å². The van der Waals surface area contributed by atoms with Crippen LogP contribution in [0.25, 0.3) is 0 Å². The Morgan fingerprint density at radius 1 is 0.902 bits per heavy atom. The lowest BCUT2D eigenvalue weighted by Gasteiger charge is -2.35. The van der Waals surface area contributed by atoms with E-state index < -0.39 is 29.7 Å². The van der Waals surface area contributed by atoms with E-state index in [2.05, 4.69) is 46.0 Å². The molecule has 6 amide bonds.